The number of Topliss-reactive ketones (excluding diaryl/α,β-unsaturated/α-hetero) is 1. The first-order valence-electron chi connectivity index (χ1n) is 10.0. The van der Waals surface area contributed by atoms with Crippen LogP contribution in [0.25, 0.3) is 11.1 Å². The van der Waals surface area contributed by atoms with Gasteiger partial charge in [-0.15, -0.1) is 0 Å². The van der Waals surface area contributed by atoms with Crippen molar-refractivity contribution < 1.29 is 38.1 Å². The summed E-state index contributed by atoms with van der Waals surface area (Å²) in [5.74, 6) is 0.685. The predicted molar refractivity (Wildman–Crippen MR) is 121 cm³/mol. The number of anilines is 1. The Labute approximate surface area is 191 Å². The fourth-order valence-electron chi connectivity index (χ4n) is 3.86. The summed E-state index contributed by atoms with van der Waals surface area (Å²) in [4.78, 5) is 36.0. The molecule has 0 saturated carbocycles. The Morgan fingerprint density at radius 3 is 2.09 bits per heavy atom. The second-order valence-corrected chi connectivity index (χ2v) is 7.11. The molecule has 0 saturated heterocycles. The molecule has 0 aromatic heterocycles. The fraction of sp³-hybridized carbons (Fsp3) is 0.292. The van der Waals surface area contributed by atoms with Crippen molar-refractivity contribution in [2.24, 2.45) is 0 Å². The summed E-state index contributed by atoms with van der Waals surface area (Å²) < 4.78 is 26.8. The number of ether oxygens (including phenoxy) is 5. The lowest BCUT2D eigenvalue weighted by atomic mass is 9.95. The number of rotatable bonds is 9. The van der Waals surface area contributed by atoms with E-state index < -0.39 is 12.1 Å². The van der Waals surface area contributed by atoms with Gasteiger partial charge in [-0.25, -0.2) is 0 Å². The molecule has 174 valence electrons. The number of methoxy groups -OCH3 is 4. The quantitative estimate of drug-likeness (QED) is 0.454. The van der Waals surface area contributed by atoms with Crippen LogP contribution in [0.5, 0.6) is 23.0 Å². The molecule has 9 nitrogen and oxygen atoms in total. The Morgan fingerprint density at radius 1 is 0.939 bits per heavy atom. The van der Waals surface area contributed by atoms with E-state index in [4.69, 9.17) is 23.7 Å². The molecular weight excluding hydrogens is 430 g/mol. The number of carbonyl (C=O) groups excluding carboxylic acids is 3. The molecule has 1 amide bonds. The van der Waals surface area contributed by atoms with Crippen molar-refractivity contribution in [2.45, 2.75) is 19.4 Å². The minimum absolute atomic E-state index is 0.164. The standard InChI is InChI=1S/C24H25NO8/c1-13(27)33-19-11-16(14-6-7-18(29-2)17(8-14)25-12-26)22(23(19)28)15-9-20(30-3)24(32-5)21(10-15)31-4/h6-10,12,19H,11H2,1-5H3,(H,25,26). The molecule has 0 radical (unpaired) electrons. The van der Waals surface area contributed by atoms with E-state index in [9.17, 15) is 14.4 Å². The van der Waals surface area contributed by atoms with Crippen LogP contribution in [0.2, 0.25) is 0 Å². The van der Waals surface area contributed by atoms with E-state index in [1.165, 1.54) is 35.4 Å². The van der Waals surface area contributed by atoms with Crippen molar-refractivity contribution >= 4 is 35.0 Å². The van der Waals surface area contributed by atoms with Gasteiger partial charge >= 0.3 is 5.97 Å². The normalized spacial score (nSPS) is 15.2. The molecule has 0 spiro atoms. The lowest BCUT2D eigenvalue weighted by molar-refractivity contribution is -0.150. The minimum Gasteiger partial charge on any atom is -0.495 e. The van der Waals surface area contributed by atoms with Crippen LogP contribution in [0, 0.1) is 0 Å². The van der Waals surface area contributed by atoms with Crippen molar-refractivity contribution in [2.75, 3.05) is 33.8 Å². The van der Waals surface area contributed by atoms with Gasteiger partial charge in [-0.05, 0) is 41.0 Å². The van der Waals surface area contributed by atoms with Gasteiger partial charge in [-0.1, -0.05) is 6.07 Å². The van der Waals surface area contributed by atoms with Crippen LogP contribution in [-0.4, -0.2) is 52.7 Å². The zero-order chi connectivity index (χ0) is 24.1. The van der Waals surface area contributed by atoms with Gasteiger partial charge in [0, 0.05) is 18.9 Å². The number of benzene rings is 2. The van der Waals surface area contributed by atoms with E-state index in [0.717, 1.165) is 0 Å². The second-order valence-electron chi connectivity index (χ2n) is 7.11. The van der Waals surface area contributed by atoms with Gasteiger partial charge in [-0.2, -0.15) is 0 Å². The van der Waals surface area contributed by atoms with Gasteiger partial charge in [0.15, 0.2) is 17.6 Å². The summed E-state index contributed by atoms with van der Waals surface area (Å²) in [7, 11) is 5.94. The monoisotopic (exact) mass is 455 g/mol. The molecule has 1 aliphatic carbocycles. The Morgan fingerprint density at radius 2 is 1.58 bits per heavy atom. The number of ketones is 1. The van der Waals surface area contributed by atoms with Crippen LogP contribution in [0.3, 0.4) is 0 Å². The van der Waals surface area contributed by atoms with Gasteiger partial charge in [0.2, 0.25) is 17.9 Å². The smallest absolute Gasteiger partial charge is 0.303 e. The van der Waals surface area contributed by atoms with E-state index in [-0.39, 0.29) is 12.2 Å². The average Bonchev–Trinajstić information content (AvgIpc) is 3.13. The second kappa shape index (κ2) is 10.1. The molecule has 2 aromatic carbocycles. The molecule has 2 aromatic rings. The molecule has 9 heteroatoms. The van der Waals surface area contributed by atoms with Gasteiger partial charge in [-0.3, -0.25) is 14.4 Å². The third kappa shape index (κ3) is 4.62. The zero-order valence-corrected chi connectivity index (χ0v) is 19.0. The maximum absolute atomic E-state index is 13.4. The van der Waals surface area contributed by atoms with E-state index >= 15 is 0 Å². The highest BCUT2D eigenvalue weighted by molar-refractivity contribution is 6.33. The molecule has 0 bridgehead atoms. The van der Waals surface area contributed by atoms with Crippen molar-refractivity contribution in [3.05, 3.63) is 41.5 Å². The van der Waals surface area contributed by atoms with E-state index in [2.05, 4.69) is 5.32 Å². The zero-order valence-electron chi connectivity index (χ0n) is 19.0. The molecule has 0 aliphatic heterocycles. The summed E-state index contributed by atoms with van der Waals surface area (Å²) >= 11 is 0. The van der Waals surface area contributed by atoms with Crippen LogP contribution in [0.4, 0.5) is 5.69 Å². The maximum Gasteiger partial charge on any atom is 0.303 e. The largest absolute Gasteiger partial charge is 0.495 e. The van der Waals surface area contributed by atoms with Crippen LogP contribution >= 0.6 is 0 Å². The van der Waals surface area contributed by atoms with Crippen molar-refractivity contribution in [1.82, 2.24) is 0 Å². The first kappa shape index (κ1) is 23.6. The van der Waals surface area contributed by atoms with Crippen molar-refractivity contribution in [3.8, 4) is 23.0 Å². The molecule has 0 fully saturated rings. The summed E-state index contributed by atoms with van der Waals surface area (Å²) in [6, 6.07) is 8.48. The van der Waals surface area contributed by atoms with Crippen LogP contribution in [-0.2, 0) is 19.1 Å². The number of nitrogens with one attached hydrogen (secondary N) is 1. The first-order chi connectivity index (χ1) is 15.9. The highest BCUT2D eigenvalue weighted by Crippen LogP contribution is 2.45. The molecular formula is C24H25NO8. The SMILES string of the molecule is COc1ccc(C2=C(c3cc(OC)c(OC)c(OC)c3)C(=O)C(OC(C)=O)C2)cc1NC=O. The first-order valence-corrected chi connectivity index (χ1v) is 10.0. The van der Waals surface area contributed by atoms with Gasteiger partial charge in [0.05, 0.1) is 34.1 Å². The highest BCUT2D eigenvalue weighted by Gasteiger charge is 2.37. The molecule has 0 heterocycles. The molecule has 1 unspecified atom stereocenters. The van der Waals surface area contributed by atoms with Crippen LogP contribution < -0.4 is 24.3 Å². The molecule has 3 rings (SSSR count). The number of carbonyl (C=O) groups is 3. The molecule has 1 atom stereocenters. The maximum atomic E-state index is 13.4. The number of amides is 1. The molecule has 1 aliphatic rings. The van der Waals surface area contributed by atoms with Gasteiger partial charge in [0.1, 0.15) is 5.75 Å². The topological polar surface area (TPSA) is 109 Å². The Balaban J connectivity index is 2.24. The summed E-state index contributed by atoms with van der Waals surface area (Å²) in [5.41, 5.74) is 2.59. The van der Waals surface area contributed by atoms with Gasteiger partial charge in [0.25, 0.3) is 0 Å². The van der Waals surface area contributed by atoms with Crippen LogP contribution in [0.1, 0.15) is 24.5 Å². The lowest BCUT2D eigenvalue weighted by Crippen LogP contribution is -2.22. The Hall–Kier alpha value is -4.01. The number of hydrogen-bond donors (Lipinski definition) is 1. The fourth-order valence-corrected chi connectivity index (χ4v) is 3.86. The van der Waals surface area contributed by atoms with Crippen molar-refractivity contribution in [1.29, 1.82) is 0 Å². The lowest BCUT2D eigenvalue weighted by Gasteiger charge is -2.16. The third-order valence-corrected chi connectivity index (χ3v) is 5.25. The van der Waals surface area contributed by atoms with Crippen LogP contribution in [0.15, 0.2) is 30.3 Å². The summed E-state index contributed by atoms with van der Waals surface area (Å²) in [5, 5.41) is 2.60. The minimum atomic E-state index is -0.976. The molecule has 33 heavy (non-hydrogen) atoms. The number of esters is 1. The Kier molecular flexibility index (Phi) is 7.22. The van der Waals surface area contributed by atoms with Gasteiger partial charge < -0.3 is 29.0 Å². The third-order valence-electron chi connectivity index (χ3n) is 5.25. The summed E-state index contributed by atoms with van der Waals surface area (Å²) in [6.07, 6.45) is -0.273. The number of hydrogen-bond acceptors (Lipinski definition) is 8. The average molecular weight is 455 g/mol. The highest BCUT2D eigenvalue weighted by atomic mass is 16.5. The van der Waals surface area contributed by atoms with E-state index in [0.29, 0.717) is 57.4 Å². The predicted octanol–water partition coefficient (Wildman–Crippen LogP) is 3.10. The van der Waals surface area contributed by atoms with E-state index in [1.54, 1.807) is 30.3 Å². The Bertz CT molecular complexity index is 1100. The van der Waals surface area contributed by atoms with E-state index in [1.807, 2.05) is 0 Å². The van der Waals surface area contributed by atoms with Crippen molar-refractivity contribution in [3.63, 3.8) is 0 Å². The molecule has 1 N–H and O–H groups in total. The summed E-state index contributed by atoms with van der Waals surface area (Å²) in [6.45, 7) is 1.25.